The van der Waals surface area contributed by atoms with Crippen LogP contribution < -0.4 is 20.5 Å². The largest absolute Gasteiger partial charge is 0.493 e. The van der Waals surface area contributed by atoms with Crippen LogP contribution >= 0.6 is 0 Å². The lowest BCUT2D eigenvalue weighted by atomic mass is 10.2. The van der Waals surface area contributed by atoms with Crippen LogP contribution in [0.15, 0.2) is 42.5 Å². The molecular weight excluding hydrogens is 299 g/mol. The number of nitrogens with one attached hydrogen (secondary N) is 1. The quantitative estimate of drug-likeness (QED) is 0.657. The van der Waals surface area contributed by atoms with Crippen molar-refractivity contribution < 1.29 is 18.7 Å². The second-order valence-electron chi connectivity index (χ2n) is 4.67. The van der Waals surface area contributed by atoms with Crippen molar-refractivity contribution in [2.45, 2.75) is 0 Å². The first-order valence-electron chi connectivity index (χ1n) is 6.79. The monoisotopic (exact) mass is 316 g/mol. The van der Waals surface area contributed by atoms with Crippen LogP contribution in [-0.4, -0.2) is 20.1 Å². The molecule has 0 radical (unpaired) electrons. The number of rotatable bonds is 5. The van der Waals surface area contributed by atoms with Gasteiger partial charge < -0.3 is 20.5 Å². The van der Waals surface area contributed by atoms with E-state index < -0.39 is 0 Å². The molecule has 0 saturated heterocycles. The molecule has 1 amide bonds. The van der Waals surface area contributed by atoms with Crippen LogP contribution in [0.4, 0.5) is 15.8 Å². The zero-order chi connectivity index (χ0) is 16.8. The smallest absolute Gasteiger partial charge is 0.248 e. The highest BCUT2D eigenvalue weighted by molar-refractivity contribution is 6.03. The lowest BCUT2D eigenvalue weighted by Crippen LogP contribution is -2.10. The second kappa shape index (κ2) is 7.31. The Morgan fingerprint density at radius 1 is 1.13 bits per heavy atom. The molecule has 23 heavy (non-hydrogen) atoms. The Labute approximate surface area is 133 Å². The van der Waals surface area contributed by atoms with E-state index in [-0.39, 0.29) is 11.7 Å². The highest BCUT2D eigenvalue weighted by atomic mass is 19.1. The SMILES string of the molecule is COc1cc(N)c(NC(=O)/C=C/c2ccc(F)cc2)cc1OC. The van der Waals surface area contributed by atoms with Gasteiger partial charge in [0.25, 0.3) is 0 Å². The highest BCUT2D eigenvalue weighted by Crippen LogP contribution is 2.34. The summed E-state index contributed by atoms with van der Waals surface area (Å²) in [4.78, 5) is 12.0. The highest BCUT2D eigenvalue weighted by Gasteiger charge is 2.10. The zero-order valence-electron chi connectivity index (χ0n) is 12.8. The van der Waals surface area contributed by atoms with Gasteiger partial charge in [-0.2, -0.15) is 0 Å². The minimum absolute atomic E-state index is 0.329. The van der Waals surface area contributed by atoms with E-state index in [4.69, 9.17) is 15.2 Å². The van der Waals surface area contributed by atoms with Crippen molar-refractivity contribution in [3.8, 4) is 11.5 Å². The average Bonchev–Trinajstić information content (AvgIpc) is 2.55. The van der Waals surface area contributed by atoms with Crippen LogP contribution in [0, 0.1) is 5.82 Å². The van der Waals surface area contributed by atoms with E-state index in [1.54, 1.807) is 30.3 Å². The van der Waals surface area contributed by atoms with Crippen molar-refractivity contribution in [1.29, 1.82) is 0 Å². The van der Waals surface area contributed by atoms with Gasteiger partial charge in [-0.3, -0.25) is 4.79 Å². The molecule has 5 nitrogen and oxygen atoms in total. The summed E-state index contributed by atoms with van der Waals surface area (Å²) in [5.74, 6) is 0.238. The molecule has 0 aromatic heterocycles. The summed E-state index contributed by atoms with van der Waals surface area (Å²) in [6.07, 6.45) is 2.91. The Balaban J connectivity index is 2.12. The third kappa shape index (κ3) is 4.23. The van der Waals surface area contributed by atoms with Crippen LogP contribution in [0.5, 0.6) is 11.5 Å². The van der Waals surface area contributed by atoms with Crippen LogP contribution in [0.1, 0.15) is 5.56 Å². The van der Waals surface area contributed by atoms with Crippen LogP contribution in [0.2, 0.25) is 0 Å². The minimum atomic E-state index is -0.367. The molecule has 0 atom stereocenters. The van der Waals surface area contributed by atoms with E-state index in [0.717, 1.165) is 0 Å². The Hall–Kier alpha value is -3.02. The number of ether oxygens (including phenoxy) is 2. The molecule has 0 fully saturated rings. The van der Waals surface area contributed by atoms with Gasteiger partial charge in [0.15, 0.2) is 11.5 Å². The van der Waals surface area contributed by atoms with Gasteiger partial charge in [0.1, 0.15) is 5.82 Å². The lowest BCUT2D eigenvalue weighted by Gasteiger charge is -2.12. The fourth-order valence-corrected chi connectivity index (χ4v) is 1.92. The van der Waals surface area contributed by atoms with Gasteiger partial charge in [-0.25, -0.2) is 4.39 Å². The number of carbonyl (C=O) groups excluding carboxylic acids is 1. The number of hydrogen-bond donors (Lipinski definition) is 2. The Bertz CT molecular complexity index is 727. The Kier molecular flexibility index (Phi) is 5.19. The second-order valence-corrected chi connectivity index (χ2v) is 4.67. The van der Waals surface area contributed by atoms with E-state index in [2.05, 4.69) is 5.32 Å². The summed E-state index contributed by atoms with van der Waals surface area (Å²) < 4.78 is 23.1. The van der Waals surface area contributed by atoms with Gasteiger partial charge >= 0.3 is 0 Å². The molecule has 6 heteroatoms. The maximum atomic E-state index is 12.8. The first-order chi connectivity index (χ1) is 11.0. The summed E-state index contributed by atoms with van der Waals surface area (Å²) in [6.45, 7) is 0. The topological polar surface area (TPSA) is 73.6 Å². The van der Waals surface area contributed by atoms with Crippen LogP contribution in [0.25, 0.3) is 6.08 Å². The van der Waals surface area contributed by atoms with E-state index in [1.165, 1.54) is 32.4 Å². The zero-order valence-corrected chi connectivity index (χ0v) is 12.8. The van der Waals surface area contributed by atoms with Gasteiger partial charge in [0.05, 0.1) is 25.6 Å². The Morgan fingerprint density at radius 3 is 2.35 bits per heavy atom. The molecular formula is C17H17FN2O3. The van der Waals surface area contributed by atoms with E-state index >= 15 is 0 Å². The fraction of sp³-hybridized carbons (Fsp3) is 0.118. The van der Waals surface area contributed by atoms with Crippen molar-refractivity contribution in [3.63, 3.8) is 0 Å². The van der Waals surface area contributed by atoms with E-state index in [9.17, 15) is 9.18 Å². The maximum Gasteiger partial charge on any atom is 0.248 e. The minimum Gasteiger partial charge on any atom is -0.493 e. The molecule has 2 rings (SSSR count). The van der Waals surface area contributed by atoms with Crippen LogP contribution in [0.3, 0.4) is 0 Å². The molecule has 120 valence electrons. The molecule has 0 heterocycles. The fourth-order valence-electron chi connectivity index (χ4n) is 1.92. The third-order valence-corrected chi connectivity index (χ3v) is 3.11. The number of benzene rings is 2. The van der Waals surface area contributed by atoms with Crippen molar-refractivity contribution in [2.75, 3.05) is 25.3 Å². The third-order valence-electron chi connectivity index (χ3n) is 3.11. The number of carbonyl (C=O) groups is 1. The summed E-state index contributed by atoms with van der Waals surface area (Å²) >= 11 is 0. The predicted molar refractivity (Wildman–Crippen MR) is 88.0 cm³/mol. The molecule has 0 aliphatic carbocycles. The number of amides is 1. The summed E-state index contributed by atoms with van der Waals surface area (Å²) in [5.41, 5.74) is 7.35. The summed E-state index contributed by atoms with van der Waals surface area (Å²) in [5, 5.41) is 2.66. The van der Waals surface area contributed by atoms with Gasteiger partial charge in [-0.1, -0.05) is 12.1 Å². The molecule has 2 aromatic carbocycles. The maximum absolute atomic E-state index is 12.8. The number of nitrogens with two attached hydrogens (primary N) is 1. The van der Waals surface area contributed by atoms with Crippen molar-refractivity contribution in [3.05, 3.63) is 53.9 Å². The van der Waals surface area contributed by atoms with E-state index in [0.29, 0.717) is 28.4 Å². The molecule has 0 saturated carbocycles. The molecule has 0 bridgehead atoms. The number of nitrogen functional groups attached to an aromatic ring is 1. The van der Waals surface area contributed by atoms with Gasteiger partial charge in [-0.05, 0) is 23.8 Å². The van der Waals surface area contributed by atoms with Crippen molar-refractivity contribution >= 4 is 23.4 Å². The summed E-state index contributed by atoms with van der Waals surface area (Å²) in [7, 11) is 3.00. The normalized spacial score (nSPS) is 10.6. The lowest BCUT2D eigenvalue weighted by molar-refractivity contribution is -0.111. The number of anilines is 2. The first-order valence-corrected chi connectivity index (χ1v) is 6.79. The standard InChI is InChI=1S/C17H17FN2O3/c1-22-15-9-13(19)14(10-16(15)23-2)20-17(21)8-5-11-3-6-12(18)7-4-11/h3-10H,19H2,1-2H3,(H,20,21)/b8-5+. The van der Waals surface area contributed by atoms with Crippen molar-refractivity contribution in [1.82, 2.24) is 0 Å². The van der Waals surface area contributed by atoms with Crippen molar-refractivity contribution in [2.24, 2.45) is 0 Å². The number of methoxy groups -OCH3 is 2. The van der Waals surface area contributed by atoms with Gasteiger partial charge in [0, 0.05) is 18.2 Å². The van der Waals surface area contributed by atoms with Gasteiger partial charge in [0.2, 0.25) is 5.91 Å². The van der Waals surface area contributed by atoms with E-state index in [1.807, 2.05) is 0 Å². The summed E-state index contributed by atoms with van der Waals surface area (Å²) in [6, 6.07) is 8.94. The molecule has 3 N–H and O–H groups in total. The molecule has 0 aliphatic rings. The van der Waals surface area contributed by atoms with Gasteiger partial charge in [-0.15, -0.1) is 0 Å². The number of hydrogen-bond acceptors (Lipinski definition) is 4. The first kappa shape index (κ1) is 16.4. The molecule has 0 spiro atoms. The number of halogens is 1. The van der Waals surface area contributed by atoms with Crippen LogP contribution in [-0.2, 0) is 4.79 Å². The average molecular weight is 316 g/mol. The molecule has 0 unspecified atom stereocenters. The molecule has 0 aliphatic heterocycles. The molecule has 2 aromatic rings. The predicted octanol–water partition coefficient (Wildman–Crippen LogP) is 3.08. The Morgan fingerprint density at radius 2 is 1.74 bits per heavy atom.